The molecule has 1 nitrogen and oxygen atoms in total. The van der Waals surface area contributed by atoms with E-state index in [1.54, 1.807) is 0 Å². The van der Waals surface area contributed by atoms with Gasteiger partial charge in [-0.15, -0.1) is 6.58 Å². The minimum absolute atomic E-state index is 0.325. The van der Waals surface area contributed by atoms with Gasteiger partial charge in [-0.1, -0.05) is 51.3 Å². The number of hydrogen-bond acceptors (Lipinski definition) is 1. The summed E-state index contributed by atoms with van der Waals surface area (Å²) in [6, 6.07) is 0. The molecule has 0 radical (unpaired) electrons. The first-order valence-electron chi connectivity index (χ1n) is 7.97. The van der Waals surface area contributed by atoms with Gasteiger partial charge in [0, 0.05) is 5.92 Å². The molecule has 19 heavy (non-hydrogen) atoms. The Bertz CT molecular complexity index is 419. The molecule has 5 atom stereocenters. The zero-order valence-electron chi connectivity index (χ0n) is 12.7. The van der Waals surface area contributed by atoms with Gasteiger partial charge in [0.2, 0.25) is 0 Å². The Morgan fingerprint density at radius 1 is 1.37 bits per heavy atom. The lowest BCUT2D eigenvalue weighted by Gasteiger charge is -2.42. The largest absolute Gasteiger partial charge is 0.385 e. The Morgan fingerprint density at radius 2 is 2.11 bits per heavy atom. The van der Waals surface area contributed by atoms with Gasteiger partial charge in [0.15, 0.2) is 0 Å². The fraction of sp³-hybridized carbons (Fsp3) is 0.778. The van der Waals surface area contributed by atoms with Crippen LogP contribution in [0.1, 0.15) is 52.9 Å². The molecule has 0 aromatic heterocycles. The molecule has 0 aliphatic heterocycles. The summed E-state index contributed by atoms with van der Waals surface area (Å²) in [5.74, 6) is 2.60. The van der Waals surface area contributed by atoms with Crippen LogP contribution in [0.15, 0.2) is 24.3 Å². The van der Waals surface area contributed by atoms with E-state index in [0.29, 0.717) is 17.3 Å². The second-order valence-electron chi connectivity index (χ2n) is 7.75. The van der Waals surface area contributed by atoms with Crippen molar-refractivity contribution < 1.29 is 5.11 Å². The molecular formula is C18H28O. The van der Waals surface area contributed by atoms with Crippen molar-refractivity contribution in [1.29, 1.82) is 0 Å². The molecule has 106 valence electrons. The number of hydrogen-bond donors (Lipinski definition) is 1. The zero-order valence-corrected chi connectivity index (χ0v) is 12.7. The zero-order chi connectivity index (χ0) is 13.8. The maximum atomic E-state index is 10.9. The molecule has 0 saturated heterocycles. The Hall–Kier alpha value is -0.560. The Morgan fingerprint density at radius 3 is 2.79 bits per heavy atom. The molecule has 3 aliphatic rings. The molecule has 0 heterocycles. The van der Waals surface area contributed by atoms with Gasteiger partial charge in [-0.05, 0) is 42.4 Å². The van der Waals surface area contributed by atoms with Crippen LogP contribution in [-0.2, 0) is 0 Å². The van der Waals surface area contributed by atoms with Crippen LogP contribution in [0.3, 0.4) is 0 Å². The molecule has 3 aliphatic carbocycles. The van der Waals surface area contributed by atoms with E-state index in [2.05, 4.69) is 33.4 Å². The third-order valence-corrected chi connectivity index (χ3v) is 6.37. The molecule has 2 saturated carbocycles. The minimum Gasteiger partial charge on any atom is -0.385 e. The summed E-state index contributed by atoms with van der Waals surface area (Å²) in [6.45, 7) is 11.1. The van der Waals surface area contributed by atoms with Crippen LogP contribution in [0.25, 0.3) is 0 Å². The summed E-state index contributed by atoms with van der Waals surface area (Å²) in [7, 11) is 0. The summed E-state index contributed by atoms with van der Waals surface area (Å²) >= 11 is 0. The highest BCUT2D eigenvalue weighted by molar-refractivity contribution is 5.30. The van der Waals surface area contributed by atoms with Crippen LogP contribution in [0.4, 0.5) is 0 Å². The third-order valence-electron chi connectivity index (χ3n) is 6.37. The lowest BCUT2D eigenvalue weighted by atomic mass is 9.67. The maximum absolute atomic E-state index is 10.9. The number of rotatable bonds is 2. The topological polar surface area (TPSA) is 20.2 Å². The lowest BCUT2D eigenvalue weighted by Crippen LogP contribution is -2.41. The fourth-order valence-electron chi connectivity index (χ4n) is 4.80. The third kappa shape index (κ3) is 1.93. The highest BCUT2D eigenvalue weighted by atomic mass is 16.3. The number of allylic oxidation sites excluding steroid dienone is 1. The maximum Gasteiger partial charge on any atom is 0.0890 e. The SMILES string of the molecule is C=C[C@@]1(O)CCCC[C@H]1C1=C[C@H]2[C@@H](C[C@H]1C)C2(C)C. The molecule has 2 fully saturated rings. The van der Waals surface area contributed by atoms with Crippen LogP contribution in [0, 0.1) is 29.1 Å². The first-order chi connectivity index (χ1) is 8.90. The average Bonchev–Trinajstić information content (AvgIpc) is 2.90. The predicted octanol–water partition coefficient (Wildman–Crippen LogP) is 4.33. The molecule has 0 unspecified atom stereocenters. The van der Waals surface area contributed by atoms with Crippen molar-refractivity contribution in [2.75, 3.05) is 0 Å². The molecule has 0 amide bonds. The first kappa shape index (κ1) is 13.4. The van der Waals surface area contributed by atoms with Gasteiger partial charge in [0.05, 0.1) is 5.60 Å². The molecule has 3 rings (SSSR count). The second-order valence-corrected chi connectivity index (χ2v) is 7.75. The quantitative estimate of drug-likeness (QED) is 0.733. The van der Waals surface area contributed by atoms with Crippen LogP contribution in [-0.4, -0.2) is 10.7 Å². The highest BCUT2D eigenvalue weighted by Crippen LogP contribution is 2.65. The van der Waals surface area contributed by atoms with Gasteiger partial charge < -0.3 is 5.11 Å². The molecule has 0 spiro atoms. The van der Waals surface area contributed by atoms with Crippen molar-refractivity contribution in [3.63, 3.8) is 0 Å². The summed E-state index contributed by atoms with van der Waals surface area (Å²) in [6.07, 6.45) is 10.1. The van der Waals surface area contributed by atoms with Gasteiger partial charge in [-0.25, -0.2) is 0 Å². The van der Waals surface area contributed by atoms with E-state index in [1.807, 2.05) is 6.08 Å². The van der Waals surface area contributed by atoms with Crippen LogP contribution in [0.5, 0.6) is 0 Å². The van der Waals surface area contributed by atoms with E-state index >= 15 is 0 Å². The summed E-state index contributed by atoms with van der Waals surface area (Å²) in [4.78, 5) is 0. The van der Waals surface area contributed by atoms with E-state index in [0.717, 1.165) is 31.1 Å². The van der Waals surface area contributed by atoms with Crippen molar-refractivity contribution in [3.05, 3.63) is 24.3 Å². The van der Waals surface area contributed by atoms with Gasteiger partial charge in [-0.2, -0.15) is 0 Å². The molecule has 1 N–H and O–H groups in total. The van der Waals surface area contributed by atoms with Gasteiger partial charge in [-0.3, -0.25) is 0 Å². The van der Waals surface area contributed by atoms with E-state index < -0.39 is 5.60 Å². The van der Waals surface area contributed by atoms with Crippen molar-refractivity contribution >= 4 is 0 Å². The first-order valence-corrected chi connectivity index (χ1v) is 7.97. The molecule has 0 aromatic rings. The lowest BCUT2D eigenvalue weighted by molar-refractivity contribution is 0.00670. The summed E-state index contributed by atoms with van der Waals surface area (Å²) in [5, 5.41) is 10.9. The Balaban J connectivity index is 1.90. The standard InChI is InChI=1S/C18H28O/c1-5-18(19)9-7-6-8-14(18)13-11-16-15(10-12(13)2)17(16,3)4/h5,11-12,14-16,19H,1,6-10H2,2-4H3/t12-,14+,15-,16+,18-/m1/s1. The Kier molecular flexibility index (Phi) is 2.98. The number of fused-ring (bicyclic) bond motifs is 1. The predicted molar refractivity (Wildman–Crippen MR) is 79.7 cm³/mol. The van der Waals surface area contributed by atoms with E-state index in [9.17, 15) is 5.11 Å². The van der Waals surface area contributed by atoms with Crippen molar-refractivity contribution in [2.24, 2.45) is 29.1 Å². The Labute approximate surface area is 117 Å². The minimum atomic E-state index is -0.649. The van der Waals surface area contributed by atoms with Gasteiger partial charge >= 0.3 is 0 Å². The van der Waals surface area contributed by atoms with Gasteiger partial charge in [0.25, 0.3) is 0 Å². The highest BCUT2D eigenvalue weighted by Gasteiger charge is 2.59. The van der Waals surface area contributed by atoms with E-state index in [-0.39, 0.29) is 0 Å². The molecule has 0 bridgehead atoms. The van der Waals surface area contributed by atoms with E-state index in [4.69, 9.17) is 0 Å². The van der Waals surface area contributed by atoms with Crippen LogP contribution < -0.4 is 0 Å². The van der Waals surface area contributed by atoms with E-state index in [1.165, 1.54) is 18.4 Å². The van der Waals surface area contributed by atoms with Crippen molar-refractivity contribution in [3.8, 4) is 0 Å². The normalized spacial score (nSPS) is 48.1. The average molecular weight is 260 g/mol. The molecule has 0 aromatic carbocycles. The smallest absolute Gasteiger partial charge is 0.0890 e. The molecule has 1 heteroatoms. The summed E-state index contributed by atoms with van der Waals surface area (Å²) in [5.41, 5.74) is 1.38. The monoisotopic (exact) mass is 260 g/mol. The van der Waals surface area contributed by atoms with Crippen LogP contribution >= 0.6 is 0 Å². The van der Waals surface area contributed by atoms with Gasteiger partial charge in [0.1, 0.15) is 0 Å². The molecular weight excluding hydrogens is 232 g/mol. The second kappa shape index (κ2) is 4.22. The number of aliphatic hydroxyl groups is 1. The van der Waals surface area contributed by atoms with Crippen molar-refractivity contribution in [2.45, 2.75) is 58.5 Å². The fourth-order valence-corrected chi connectivity index (χ4v) is 4.80. The van der Waals surface area contributed by atoms with Crippen molar-refractivity contribution in [1.82, 2.24) is 0 Å². The van der Waals surface area contributed by atoms with Crippen LogP contribution in [0.2, 0.25) is 0 Å². The summed E-state index contributed by atoms with van der Waals surface area (Å²) < 4.78 is 0.